The molecule has 1 aromatic rings. The molecule has 2 nitrogen and oxygen atoms in total. The second-order valence-corrected chi connectivity index (χ2v) is 3.22. The van der Waals surface area contributed by atoms with Crippen LogP contribution in [0.3, 0.4) is 0 Å². The zero-order valence-electron chi connectivity index (χ0n) is 6.10. The van der Waals surface area contributed by atoms with Crippen LogP contribution in [-0.2, 0) is 0 Å². The number of halogens is 1. The Bertz CT molecular complexity index is 273. The fourth-order valence-electron chi connectivity index (χ4n) is 0.780. The number of amides is 1. The Kier molecular flexibility index (Phi) is 2.87. The molecule has 0 aliphatic rings. The minimum atomic E-state index is -0.0324. The molecule has 0 spiro atoms. The van der Waals surface area contributed by atoms with Gasteiger partial charge in [-0.2, -0.15) is 0 Å². The molecule has 1 aromatic carbocycles. The van der Waals surface area contributed by atoms with Gasteiger partial charge in [-0.3, -0.25) is 4.79 Å². The molecule has 3 heteroatoms. The predicted molar refractivity (Wildman–Crippen MR) is 52.5 cm³/mol. The average Bonchev–Trinajstić information content (AvgIpc) is 2.04. The van der Waals surface area contributed by atoms with E-state index in [0.29, 0.717) is 0 Å². The van der Waals surface area contributed by atoms with Crippen LogP contribution in [0.15, 0.2) is 24.3 Å². The maximum Gasteiger partial charge on any atom is 0.252 e. The molecule has 0 saturated heterocycles. The van der Waals surface area contributed by atoms with E-state index in [0.717, 1.165) is 9.13 Å². The summed E-state index contributed by atoms with van der Waals surface area (Å²) in [6, 6.07) is 7.48. The zero-order valence-corrected chi connectivity index (χ0v) is 8.25. The van der Waals surface area contributed by atoms with E-state index < -0.39 is 0 Å². The summed E-state index contributed by atoms with van der Waals surface area (Å²) in [6.45, 7) is 0. The second kappa shape index (κ2) is 3.71. The smallest absolute Gasteiger partial charge is 0.252 e. The quantitative estimate of drug-likeness (QED) is 0.765. The summed E-state index contributed by atoms with van der Waals surface area (Å²) in [4.78, 5) is 11.1. The van der Waals surface area contributed by atoms with E-state index in [4.69, 9.17) is 0 Å². The molecule has 11 heavy (non-hydrogen) atoms. The predicted octanol–water partition coefficient (Wildman–Crippen LogP) is 1.65. The first-order valence-electron chi connectivity index (χ1n) is 3.22. The van der Waals surface area contributed by atoms with Crippen molar-refractivity contribution in [1.29, 1.82) is 0 Å². The van der Waals surface area contributed by atoms with Crippen molar-refractivity contribution < 1.29 is 4.79 Å². The van der Waals surface area contributed by atoms with Gasteiger partial charge in [-0.1, -0.05) is 12.1 Å². The van der Waals surface area contributed by atoms with Crippen molar-refractivity contribution in [3.05, 3.63) is 33.4 Å². The second-order valence-electron chi connectivity index (χ2n) is 2.06. The highest BCUT2D eigenvalue weighted by Crippen LogP contribution is 2.10. The first-order valence-corrected chi connectivity index (χ1v) is 4.30. The van der Waals surface area contributed by atoms with Crippen LogP contribution in [0.5, 0.6) is 0 Å². The SMILES string of the molecule is CNC(=O)c1ccccc1I. The van der Waals surface area contributed by atoms with Crippen LogP contribution in [0.4, 0.5) is 0 Å². The fraction of sp³-hybridized carbons (Fsp3) is 0.125. The van der Waals surface area contributed by atoms with Crippen molar-refractivity contribution >= 4 is 28.5 Å². The van der Waals surface area contributed by atoms with E-state index in [2.05, 4.69) is 27.9 Å². The minimum absolute atomic E-state index is 0.0324. The normalized spacial score (nSPS) is 9.27. The lowest BCUT2D eigenvalue weighted by Gasteiger charge is -2.00. The molecule has 0 fully saturated rings. The molecule has 0 unspecified atom stereocenters. The lowest BCUT2D eigenvalue weighted by molar-refractivity contribution is 0.0962. The Morgan fingerprint density at radius 2 is 2.09 bits per heavy atom. The molecule has 0 aliphatic heterocycles. The summed E-state index contributed by atoms with van der Waals surface area (Å²) in [6.07, 6.45) is 0. The number of carbonyl (C=O) groups excluding carboxylic acids is 1. The first-order chi connectivity index (χ1) is 5.25. The van der Waals surface area contributed by atoms with E-state index in [9.17, 15) is 4.79 Å². The third kappa shape index (κ3) is 1.92. The van der Waals surface area contributed by atoms with Crippen molar-refractivity contribution in [2.75, 3.05) is 7.05 Å². The standard InChI is InChI=1S/C8H8INO/c1-10-8(11)6-4-2-3-5-7(6)9/h2-5H,1H3,(H,10,11). The third-order valence-electron chi connectivity index (χ3n) is 1.35. The van der Waals surface area contributed by atoms with E-state index >= 15 is 0 Å². The summed E-state index contributed by atoms with van der Waals surface area (Å²) in [7, 11) is 1.63. The van der Waals surface area contributed by atoms with Crippen molar-refractivity contribution in [2.24, 2.45) is 0 Å². The molecule has 1 N–H and O–H groups in total. The highest BCUT2D eigenvalue weighted by atomic mass is 127. The van der Waals surface area contributed by atoms with Gasteiger partial charge in [-0.05, 0) is 34.7 Å². The molecular weight excluding hydrogens is 253 g/mol. The Morgan fingerprint density at radius 3 is 2.64 bits per heavy atom. The van der Waals surface area contributed by atoms with Gasteiger partial charge in [-0.25, -0.2) is 0 Å². The van der Waals surface area contributed by atoms with Gasteiger partial charge in [0.1, 0.15) is 0 Å². The molecular formula is C8H8INO. The molecule has 0 saturated carbocycles. The molecule has 0 heterocycles. The van der Waals surface area contributed by atoms with Crippen LogP contribution in [-0.4, -0.2) is 13.0 Å². The van der Waals surface area contributed by atoms with Crippen molar-refractivity contribution in [3.63, 3.8) is 0 Å². The van der Waals surface area contributed by atoms with Crippen molar-refractivity contribution in [3.8, 4) is 0 Å². The van der Waals surface area contributed by atoms with Crippen LogP contribution in [0, 0.1) is 3.57 Å². The zero-order chi connectivity index (χ0) is 8.27. The Balaban J connectivity index is 3.03. The highest BCUT2D eigenvalue weighted by Gasteiger charge is 2.04. The number of nitrogens with one attached hydrogen (secondary N) is 1. The number of benzene rings is 1. The molecule has 0 aromatic heterocycles. The highest BCUT2D eigenvalue weighted by molar-refractivity contribution is 14.1. The summed E-state index contributed by atoms with van der Waals surface area (Å²) < 4.78 is 0.976. The summed E-state index contributed by atoms with van der Waals surface area (Å²) in [5.41, 5.74) is 0.732. The fourth-order valence-corrected chi connectivity index (χ4v) is 1.41. The monoisotopic (exact) mass is 261 g/mol. The molecule has 1 rings (SSSR count). The number of hydrogen-bond acceptors (Lipinski definition) is 1. The van der Waals surface area contributed by atoms with Crippen LogP contribution >= 0.6 is 22.6 Å². The van der Waals surface area contributed by atoms with Gasteiger partial charge < -0.3 is 5.32 Å². The van der Waals surface area contributed by atoms with E-state index in [-0.39, 0.29) is 5.91 Å². The van der Waals surface area contributed by atoms with Crippen LogP contribution in [0.25, 0.3) is 0 Å². The molecule has 0 aliphatic carbocycles. The van der Waals surface area contributed by atoms with Crippen LogP contribution < -0.4 is 5.32 Å². The summed E-state index contributed by atoms with van der Waals surface area (Å²) >= 11 is 2.14. The number of carbonyl (C=O) groups is 1. The van der Waals surface area contributed by atoms with E-state index in [1.165, 1.54) is 0 Å². The molecule has 0 atom stereocenters. The van der Waals surface area contributed by atoms with Gasteiger partial charge in [-0.15, -0.1) is 0 Å². The Morgan fingerprint density at radius 1 is 1.45 bits per heavy atom. The first kappa shape index (κ1) is 8.52. The topological polar surface area (TPSA) is 29.1 Å². The maximum atomic E-state index is 11.1. The number of hydrogen-bond donors (Lipinski definition) is 1. The van der Waals surface area contributed by atoms with E-state index in [1.807, 2.05) is 18.2 Å². The maximum absolute atomic E-state index is 11.1. The van der Waals surface area contributed by atoms with Gasteiger partial charge in [0.25, 0.3) is 5.91 Å². The third-order valence-corrected chi connectivity index (χ3v) is 2.29. The van der Waals surface area contributed by atoms with Crippen LogP contribution in [0.2, 0.25) is 0 Å². The Labute approximate surface area is 79.1 Å². The lowest BCUT2D eigenvalue weighted by atomic mass is 10.2. The largest absolute Gasteiger partial charge is 0.355 e. The van der Waals surface area contributed by atoms with Gasteiger partial charge in [0, 0.05) is 10.6 Å². The van der Waals surface area contributed by atoms with E-state index in [1.54, 1.807) is 13.1 Å². The summed E-state index contributed by atoms with van der Waals surface area (Å²) in [5.74, 6) is -0.0324. The average molecular weight is 261 g/mol. The molecule has 1 amide bonds. The molecule has 58 valence electrons. The number of rotatable bonds is 1. The van der Waals surface area contributed by atoms with Gasteiger partial charge >= 0.3 is 0 Å². The van der Waals surface area contributed by atoms with Gasteiger partial charge in [0.15, 0.2) is 0 Å². The van der Waals surface area contributed by atoms with Crippen molar-refractivity contribution in [2.45, 2.75) is 0 Å². The minimum Gasteiger partial charge on any atom is -0.355 e. The molecule has 0 bridgehead atoms. The van der Waals surface area contributed by atoms with Gasteiger partial charge in [0.2, 0.25) is 0 Å². The van der Waals surface area contributed by atoms with Crippen molar-refractivity contribution in [1.82, 2.24) is 5.32 Å². The van der Waals surface area contributed by atoms with Gasteiger partial charge in [0.05, 0.1) is 5.56 Å². The molecule has 0 radical (unpaired) electrons. The lowest BCUT2D eigenvalue weighted by Crippen LogP contribution is -2.18. The summed E-state index contributed by atoms with van der Waals surface area (Å²) in [5, 5.41) is 2.58. The van der Waals surface area contributed by atoms with Crippen LogP contribution in [0.1, 0.15) is 10.4 Å². The Hall–Kier alpha value is -0.580.